The first kappa shape index (κ1) is 16.4. The Balaban J connectivity index is 2.37. The fourth-order valence-corrected chi connectivity index (χ4v) is 4.42. The van der Waals surface area contributed by atoms with Crippen molar-refractivity contribution in [1.29, 1.82) is 0 Å². The molecule has 0 spiro atoms. The van der Waals surface area contributed by atoms with E-state index in [1.807, 2.05) is 0 Å². The van der Waals surface area contributed by atoms with E-state index in [1.165, 1.54) is 16.7 Å². The number of hydrogen-bond acceptors (Lipinski definition) is 5. The van der Waals surface area contributed by atoms with Crippen molar-refractivity contribution < 1.29 is 8.42 Å². The lowest BCUT2D eigenvalue weighted by Crippen LogP contribution is -2.21. The van der Waals surface area contributed by atoms with Crippen molar-refractivity contribution in [3.63, 3.8) is 0 Å². The largest absolute Gasteiger partial charge is 0.268 e. The molecule has 6 nitrogen and oxygen atoms in total. The summed E-state index contributed by atoms with van der Waals surface area (Å²) in [7, 11) is -3.90. The number of primary sulfonamides is 1. The first-order valence-corrected chi connectivity index (χ1v) is 9.32. The quantitative estimate of drug-likeness (QED) is 0.728. The molecule has 10 heteroatoms. The Labute approximate surface area is 145 Å². The number of rotatable bonds is 2. The Morgan fingerprint density at radius 2 is 1.96 bits per heavy atom. The average Bonchev–Trinajstić information content (AvgIpc) is 2.85. The van der Waals surface area contributed by atoms with Gasteiger partial charge in [0.25, 0.3) is 5.56 Å². The minimum Gasteiger partial charge on any atom is -0.268 e. The second-order valence-electron chi connectivity index (χ2n) is 4.72. The lowest BCUT2D eigenvalue weighted by molar-refractivity contribution is 0.600. The summed E-state index contributed by atoms with van der Waals surface area (Å²) in [4.78, 5) is 17.3. The van der Waals surface area contributed by atoms with Crippen LogP contribution in [0.4, 0.5) is 0 Å². The molecule has 0 aliphatic rings. The number of benzene rings is 1. The van der Waals surface area contributed by atoms with Crippen LogP contribution in [-0.4, -0.2) is 18.0 Å². The summed E-state index contributed by atoms with van der Waals surface area (Å²) < 4.78 is 24.1. The van der Waals surface area contributed by atoms with E-state index in [2.05, 4.69) is 4.98 Å². The zero-order valence-electron chi connectivity index (χ0n) is 11.6. The van der Waals surface area contributed by atoms with Crippen LogP contribution in [0, 0.1) is 6.92 Å². The van der Waals surface area contributed by atoms with Crippen molar-refractivity contribution in [2.45, 2.75) is 11.1 Å². The lowest BCUT2D eigenvalue weighted by atomic mass is 10.3. The monoisotopic (exact) mass is 389 g/mol. The van der Waals surface area contributed by atoms with Crippen LogP contribution in [-0.2, 0) is 10.0 Å². The highest BCUT2D eigenvalue weighted by Gasteiger charge is 2.19. The number of nitrogens with two attached hydrogens (primary N) is 1. The second kappa shape index (κ2) is 5.57. The molecule has 0 fully saturated rings. The molecule has 0 saturated heterocycles. The van der Waals surface area contributed by atoms with E-state index >= 15 is 0 Å². The molecule has 120 valence electrons. The van der Waals surface area contributed by atoms with Gasteiger partial charge in [-0.2, -0.15) is 0 Å². The van der Waals surface area contributed by atoms with Gasteiger partial charge in [-0.1, -0.05) is 23.2 Å². The van der Waals surface area contributed by atoms with Gasteiger partial charge in [0.05, 0.1) is 16.1 Å². The molecule has 3 rings (SSSR count). The molecule has 3 aromatic rings. The van der Waals surface area contributed by atoms with E-state index in [-0.39, 0.29) is 14.6 Å². The summed E-state index contributed by atoms with van der Waals surface area (Å²) in [6.07, 6.45) is 0. The van der Waals surface area contributed by atoms with E-state index in [0.717, 1.165) is 11.3 Å². The molecular weight excluding hydrogens is 381 g/mol. The Morgan fingerprint density at radius 1 is 1.26 bits per heavy atom. The fourth-order valence-electron chi connectivity index (χ4n) is 2.15. The third-order valence-corrected chi connectivity index (χ3v) is 6.13. The molecule has 0 radical (unpaired) electrons. The summed E-state index contributed by atoms with van der Waals surface area (Å²) in [5.41, 5.74) is -0.0146. The van der Waals surface area contributed by atoms with Gasteiger partial charge in [-0.15, -0.1) is 11.3 Å². The van der Waals surface area contributed by atoms with Gasteiger partial charge in [-0.05, 0) is 31.2 Å². The molecule has 1 aromatic carbocycles. The third-order valence-electron chi connectivity index (χ3n) is 3.14. The standard InChI is InChI=1S/C13H9Cl2N3O3S2/c1-6-17-12-8(5-11(22-12)23(16,20)21)13(19)18(6)10-3-2-7(14)4-9(10)15/h2-5H,1H3,(H2,16,20,21). The number of aromatic nitrogens is 2. The number of hydrogen-bond donors (Lipinski definition) is 1. The number of fused-ring (bicyclic) bond motifs is 1. The molecule has 2 N–H and O–H groups in total. The van der Waals surface area contributed by atoms with Crippen molar-refractivity contribution in [3.8, 4) is 5.69 Å². The molecule has 0 amide bonds. The van der Waals surface area contributed by atoms with E-state index in [4.69, 9.17) is 28.3 Å². The molecular formula is C13H9Cl2N3O3S2. The van der Waals surface area contributed by atoms with Crippen molar-refractivity contribution in [2.75, 3.05) is 0 Å². The molecule has 0 saturated carbocycles. The van der Waals surface area contributed by atoms with Crippen molar-refractivity contribution >= 4 is 54.8 Å². The summed E-state index contributed by atoms with van der Waals surface area (Å²) in [5.74, 6) is 0.370. The van der Waals surface area contributed by atoms with Gasteiger partial charge >= 0.3 is 0 Å². The van der Waals surface area contributed by atoms with Gasteiger partial charge in [0.2, 0.25) is 10.0 Å². The van der Waals surface area contributed by atoms with Crippen molar-refractivity contribution in [1.82, 2.24) is 9.55 Å². The Bertz CT molecular complexity index is 1100. The number of halogens is 2. The van der Waals surface area contributed by atoms with Crippen LogP contribution in [0.2, 0.25) is 10.0 Å². The van der Waals surface area contributed by atoms with Crippen LogP contribution in [0.5, 0.6) is 0 Å². The molecule has 0 aliphatic carbocycles. The first-order valence-electron chi connectivity index (χ1n) is 6.20. The summed E-state index contributed by atoms with van der Waals surface area (Å²) in [6, 6.07) is 5.93. The summed E-state index contributed by atoms with van der Waals surface area (Å²) >= 11 is 12.9. The number of thiophene rings is 1. The highest BCUT2D eigenvalue weighted by Crippen LogP contribution is 2.28. The lowest BCUT2D eigenvalue weighted by Gasteiger charge is -2.11. The topological polar surface area (TPSA) is 95.1 Å². The van der Waals surface area contributed by atoms with Gasteiger partial charge in [0, 0.05) is 5.02 Å². The van der Waals surface area contributed by atoms with Crippen LogP contribution in [0.1, 0.15) is 5.82 Å². The van der Waals surface area contributed by atoms with Crippen LogP contribution < -0.4 is 10.7 Å². The second-order valence-corrected chi connectivity index (χ2v) is 8.39. The number of aryl methyl sites for hydroxylation is 1. The van der Waals surface area contributed by atoms with Gasteiger partial charge in [0.1, 0.15) is 14.9 Å². The summed E-state index contributed by atoms with van der Waals surface area (Å²) in [5, 5.41) is 5.99. The minimum absolute atomic E-state index is 0.114. The predicted molar refractivity (Wildman–Crippen MR) is 91.3 cm³/mol. The molecule has 0 atom stereocenters. The van der Waals surface area contributed by atoms with E-state index in [0.29, 0.717) is 21.4 Å². The van der Waals surface area contributed by atoms with Crippen LogP contribution in [0.25, 0.3) is 15.9 Å². The molecule has 0 unspecified atom stereocenters. The fraction of sp³-hybridized carbons (Fsp3) is 0.0769. The molecule has 2 heterocycles. The van der Waals surface area contributed by atoms with E-state index in [1.54, 1.807) is 19.1 Å². The maximum absolute atomic E-state index is 12.7. The Kier molecular flexibility index (Phi) is 3.97. The number of sulfonamides is 1. The Morgan fingerprint density at radius 3 is 2.57 bits per heavy atom. The van der Waals surface area contributed by atoms with E-state index in [9.17, 15) is 13.2 Å². The molecule has 0 aliphatic heterocycles. The normalized spacial score (nSPS) is 12.0. The summed E-state index contributed by atoms with van der Waals surface area (Å²) in [6.45, 7) is 1.63. The van der Waals surface area contributed by atoms with Crippen LogP contribution in [0.3, 0.4) is 0 Å². The number of nitrogens with zero attached hydrogens (tertiary/aromatic N) is 2. The SMILES string of the molecule is Cc1nc2sc(S(N)(=O)=O)cc2c(=O)n1-c1ccc(Cl)cc1Cl. The highest BCUT2D eigenvalue weighted by atomic mass is 35.5. The molecule has 23 heavy (non-hydrogen) atoms. The van der Waals surface area contributed by atoms with Gasteiger partial charge in [0.15, 0.2) is 0 Å². The smallest absolute Gasteiger partial charge is 0.266 e. The molecule has 2 aromatic heterocycles. The van der Waals surface area contributed by atoms with Gasteiger partial charge in [-0.25, -0.2) is 18.5 Å². The zero-order chi connectivity index (χ0) is 16.9. The maximum Gasteiger partial charge on any atom is 0.266 e. The third kappa shape index (κ3) is 2.88. The van der Waals surface area contributed by atoms with Crippen LogP contribution >= 0.6 is 34.5 Å². The van der Waals surface area contributed by atoms with E-state index < -0.39 is 15.6 Å². The Hall–Kier alpha value is -1.45. The minimum atomic E-state index is -3.90. The average molecular weight is 390 g/mol. The molecule has 0 bridgehead atoms. The predicted octanol–water partition coefficient (Wildman–Crippen LogP) is 2.71. The van der Waals surface area contributed by atoms with Gasteiger partial charge < -0.3 is 0 Å². The van der Waals surface area contributed by atoms with Crippen molar-refractivity contribution in [2.24, 2.45) is 5.14 Å². The zero-order valence-corrected chi connectivity index (χ0v) is 14.7. The first-order chi connectivity index (χ1) is 10.7. The maximum atomic E-state index is 12.7. The van der Waals surface area contributed by atoms with Gasteiger partial charge in [-0.3, -0.25) is 9.36 Å². The van der Waals surface area contributed by atoms with Crippen LogP contribution in [0.15, 0.2) is 33.3 Å². The highest BCUT2D eigenvalue weighted by molar-refractivity contribution is 7.91. The van der Waals surface area contributed by atoms with Crippen molar-refractivity contribution in [3.05, 3.63) is 50.5 Å².